The summed E-state index contributed by atoms with van der Waals surface area (Å²) in [5, 5.41) is 11.6. The molecule has 0 fully saturated rings. The van der Waals surface area contributed by atoms with Crippen LogP contribution in [0.5, 0.6) is 0 Å². The first-order chi connectivity index (χ1) is 11.6. The molecule has 1 aromatic carbocycles. The van der Waals surface area contributed by atoms with E-state index in [0.717, 1.165) is 29.4 Å². The molecule has 0 radical (unpaired) electrons. The number of allylic oxidation sites excluding steroid dienone is 1. The number of halogens is 2. The van der Waals surface area contributed by atoms with Crippen LogP contribution in [0.25, 0.3) is 0 Å². The van der Waals surface area contributed by atoms with Gasteiger partial charge in [0.1, 0.15) is 18.2 Å². The van der Waals surface area contributed by atoms with E-state index in [9.17, 15) is 0 Å². The molecule has 3 heterocycles. The second-order valence-electron chi connectivity index (χ2n) is 5.74. The minimum absolute atomic E-state index is 0.533. The lowest BCUT2D eigenvalue weighted by Gasteiger charge is -2.37. The summed E-state index contributed by atoms with van der Waals surface area (Å²) in [6.45, 7) is 2.59. The highest BCUT2D eigenvalue weighted by molar-refractivity contribution is 6.35. The van der Waals surface area contributed by atoms with Gasteiger partial charge < -0.3 is 4.90 Å². The van der Waals surface area contributed by atoms with Gasteiger partial charge in [-0.1, -0.05) is 28.8 Å². The fraction of sp³-hybridized carbons (Fsp3) is 0.250. The minimum Gasteiger partial charge on any atom is -0.300 e. The van der Waals surface area contributed by atoms with Crippen molar-refractivity contribution in [1.82, 2.24) is 9.96 Å². The van der Waals surface area contributed by atoms with Crippen LogP contribution in [0, 0.1) is 0 Å². The van der Waals surface area contributed by atoms with Gasteiger partial charge in [0.15, 0.2) is 5.82 Å². The Balaban J connectivity index is 1.83. The number of fused-ring (bicyclic) bond motifs is 2. The lowest BCUT2D eigenvalue weighted by Crippen LogP contribution is -2.37. The van der Waals surface area contributed by atoms with Gasteiger partial charge in [0.2, 0.25) is 0 Å². The van der Waals surface area contributed by atoms with Gasteiger partial charge in [0.25, 0.3) is 0 Å². The standard InChI is InChI=1S/C16H15Cl2N5O/c1-10-5-13-16(23-9-21(24-2)8-15(23)20-19-13)22(7-10)14-6-11(17)3-4-12(14)18/h3-4,6-8H,5,9H2,1-2H3. The smallest absolute Gasteiger partial charge is 0.177 e. The summed E-state index contributed by atoms with van der Waals surface area (Å²) in [5.74, 6) is 1.65. The fourth-order valence-electron chi connectivity index (χ4n) is 2.96. The Morgan fingerprint density at radius 2 is 2.00 bits per heavy atom. The Morgan fingerprint density at radius 1 is 1.17 bits per heavy atom. The molecule has 3 aliphatic heterocycles. The van der Waals surface area contributed by atoms with Gasteiger partial charge in [0.05, 0.1) is 24.0 Å². The van der Waals surface area contributed by atoms with Crippen molar-refractivity contribution < 1.29 is 4.84 Å². The van der Waals surface area contributed by atoms with Gasteiger partial charge in [-0.25, -0.2) is 5.06 Å². The first-order valence-corrected chi connectivity index (χ1v) is 8.19. The van der Waals surface area contributed by atoms with Crippen molar-refractivity contribution in [3.63, 3.8) is 0 Å². The minimum atomic E-state index is 0.533. The molecule has 0 saturated carbocycles. The zero-order valence-corrected chi connectivity index (χ0v) is 14.7. The number of hydrogen-bond acceptors (Lipinski definition) is 6. The third-order valence-electron chi connectivity index (χ3n) is 4.03. The Kier molecular flexibility index (Phi) is 3.75. The van der Waals surface area contributed by atoms with Crippen molar-refractivity contribution in [2.24, 2.45) is 10.2 Å². The molecule has 4 rings (SSSR count). The first-order valence-electron chi connectivity index (χ1n) is 7.43. The van der Waals surface area contributed by atoms with Gasteiger partial charge >= 0.3 is 0 Å². The van der Waals surface area contributed by atoms with Crippen LogP contribution in [0.2, 0.25) is 10.0 Å². The van der Waals surface area contributed by atoms with Crippen molar-refractivity contribution in [3.05, 3.63) is 63.6 Å². The van der Waals surface area contributed by atoms with E-state index >= 15 is 0 Å². The fourth-order valence-corrected chi connectivity index (χ4v) is 3.33. The highest BCUT2D eigenvalue weighted by Gasteiger charge is 2.35. The Bertz CT molecular complexity index is 830. The van der Waals surface area contributed by atoms with Crippen molar-refractivity contribution in [2.45, 2.75) is 13.3 Å². The molecule has 0 amide bonds. The van der Waals surface area contributed by atoms with Crippen LogP contribution in [-0.2, 0) is 4.84 Å². The maximum absolute atomic E-state index is 6.43. The summed E-state index contributed by atoms with van der Waals surface area (Å²) in [6, 6.07) is 5.42. The number of hydroxylamine groups is 2. The average Bonchev–Trinajstić information content (AvgIpc) is 2.99. The lowest BCUT2D eigenvalue weighted by atomic mass is 10.1. The van der Waals surface area contributed by atoms with E-state index in [1.807, 2.05) is 22.1 Å². The van der Waals surface area contributed by atoms with Gasteiger partial charge in [-0.2, -0.15) is 0 Å². The summed E-state index contributed by atoms with van der Waals surface area (Å²) >= 11 is 12.6. The Labute approximate surface area is 149 Å². The summed E-state index contributed by atoms with van der Waals surface area (Å²) in [6.07, 6.45) is 4.62. The van der Waals surface area contributed by atoms with Crippen molar-refractivity contribution >= 4 is 28.9 Å². The molecule has 0 unspecified atom stereocenters. The number of hydrogen-bond donors (Lipinski definition) is 0. The summed E-state index contributed by atoms with van der Waals surface area (Å²) in [7, 11) is 1.62. The van der Waals surface area contributed by atoms with Gasteiger partial charge in [-0.3, -0.25) is 9.74 Å². The topological polar surface area (TPSA) is 43.7 Å². The second-order valence-corrected chi connectivity index (χ2v) is 6.59. The molecule has 0 atom stereocenters. The normalized spacial score (nSPS) is 19.4. The van der Waals surface area contributed by atoms with Crippen molar-refractivity contribution in [3.8, 4) is 0 Å². The molecule has 8 heteroatoms. The number of benzene rings is 1. The third kappa shape index (κ3) is 2.47. The molecule has 3 aliphatic rings. The predicted molar refractivity (Wildman–Crippen MR) is 92.8 cm³/mol. The SMILES string of the molecule is CON1C=C2N=NC3=C(N2C1)N(c1cc(Cl)ccc1Cl)C=C(C)C3. The molecule has 0 aliphatic carbocycles. The van der Waals surface area contributed by atoms with E-state index in [1.165, 1.54) is 5.57 Å². The van der Waals surface area contributed by atoms with Crippen molar-refractivity contribution in [2.75, 3.05) is 18.7 Å². The van der Waals surface area contributed by atoms with Crippen LogP contribution in [0.4, 0.5) is 5.69 Å². The van der Waals surface area contributed by atoms with Gasteiger partial charge in [-0.05, 0) is 25.1 Å². The largest absolute Gasteiger partial charge is 0.300 e. The van der Waals surface area contributed by atoms with Gasteiger partial charge in [-0.15, -0.1) is 10.2 Å². The van der Waals surface area contributed by atoms with Crippen LogP contribution in [0.15, 0.2) is 63.7 Å². The van der Waals surface area contributed by atoms with E-state index in [2.05, 4.69) is 23.4 Å². The average molecular weight is 364 g/mol. The molecule has 0 saturated heterocycles. The Hall–Kier alpha value is -2.02. The molecular weight excluding hydrogens is 349 g/mol. The summed E-state index contributed by atoms with van der Waals surface area (Å²) in [4.78, 5) is 9.37. The maximum atomic E-state index is 6.43. The number of azo groups is 1. The van der Waals surface area contributed by atoms with Crippen LogP contribution in [0.1, 0.15) is 13.3 Å². The summed E-state index contributed by atoms with van der Waals surface area (Å²) < 4.78 is 0. The highest BCUT2D eigenvalue weighted by atomic mass is 35.5. The van der Waals surface area contributed by atoms with Crippen LogP contribution >= 0.6 is 23.2 Å². The number of nitrogens with zero attached hydrogens (tertiary/aromatic N) is 5. The predicted octanol–water partition coefficient (Wildman–Crippen LogP) is 4.68. The molecule has 124 valence electrons. The van der Waals surface area contributed by atoms with E-state index in [-0.39, 0.29) is 0 Å². The number of rotatable bonds is 2. The van der Waals surface area contributed by atoms with Crippen LogP contribution in [0.3, 0.4) is 0 Å². The highest BCUT2D eigenvalue weighted by Crippen LogP contribution is 2.42. The van der Waals surface area contributed by atoms with Crippen molar-refractivity contribution in [1.29, 1.82) is 0 Å². The monoisotopic (exact) mass is 363 g/mol. The molecule has 0 aromatic heterocycles. The lowest BCUT2D eigenvalue weighted by molar-refractivity contribution is -0.0952. The van der Waals surface area contributed by atoms with E-state index in [1.54, 1.807) is 24.3 Å². The molecule has 0 N–H and O–H groups in total. The van der Waals surface area contributed by atoms with E-state index < -0.39 is 0 Å². The van der Waals surface area contributed by atoms with Gasteiger partial charge in [0, 0.05) is 17.6 Å². The van der Waals surface area contributed by atoms with E-state index in [0.29, 0.717) is 16.7 Å². The number of anilines is 1. The van der Waals surface area contributed by atoms with Crippen LogP contribution < -0.4 is 4.90 Å². The Morgan fingerprint density at radius 3 is 2.79 bits per heavy atom. The zero-order chi connectivity index (χ0) is 16.8. The molecule has 1 aromatic rings. The maximum Gasteiger partial charge on any atom is 0.177 e. The quantitative estimate of drug-likeness (QED) is 0.765. The molecule has 24 heavy (non-hydrogen) atoms. The van der Waals surface area contributed by atoms with E-state index in [4.69, 9.17) is 28.0 Å². The molecule has 0 spiro atoms. The molecule has 6 nitrogen and oxygen atoms in total. The zero-order valence-electron chi connectivity index (χ0n) is 13.2. The summed E-state index contributed by atoms with van der Waals surface area (Å²) in [5.41, 5.74) is 2.86. The van der Waals surface area contributed by atoms with Crippen LogP contribution in [-0.4, -0.2) is 23.7 Å². The first kappa shape index (κ1) is 15.5. The molecular formula is C16H15Cl2N5O. The second kappa shape index (κ2) is 5.81. The third-order valence-corrected chi connectivity index (χ3v) is 4.58. The molecule has 0 bridgehead atoms.